The third-order valence-corrected chi connectivity index (χ3v) is 4.57. The lowest BCUT2D eigenvalue weighted by Gasteiger charge is -2.19. The average molecular weight is 286 g/mol. The third kappa shape index (κ3) is 4.09. The molecule has 18 heavy (non-hydrogen) atoms. The molecule has 1 radical (unpaired) electrons. The van der Waals surface area contributed by atoms with E-state index in [2.05, 4.69) is 31.3 Å². The summed E-state index contributed by atoms with van der Waals surface area (Å²) in [6.07, 6.45) is -0.277. The second kappa shape index (κ2) is 7.95. The molecule has 0 atom stereocenters. The maximum Gasteiger partial charge on any atom is 0.183 e. The molecule has 0 unspecified atom stereocenters. The van der Waals surface area contributed by atoms with Crippen LogP contribution in [0.2, 0.25) is 13.1 Å². The van der Waals surface area contributed by atoms with Crippen LogP contribution >= 0.6 is 11.6 Å². The molecule has 1 rings (SSSR count). The summed E-state index contributed by atoms with van der Waals surface area (Å²) in [4.78, 5) is 0. The molecule has 0 spiro atoms. The molecule has 0 N–H and O–H groups in total. The van der Waals surface area contributed by atoms with Crippen LogP contribution in [0.4, 0.5) is 0 Å². The van der Waals surface area contributed by atoms with Crippen molar-refractivity contribution in [3.63, 3.8) is 0 Å². The van der Waals surface area contributed by atoms with Gasteiger partial charge in [0.2, 0.25) is 0 Å². The van der Waals surface area contributed by atoms with Gasteiger partial charge in [0.15, 0.2) is 6.29 Å². The molecule has 0 aliphatic carbocycles. The number of benzene rings is 1. The van der Waals surface area contributed by atoms with Gasteiger partial charge in [-0.25, -0.2) is 0 Å². The first-order valence-electron chi connectivity index (χ1n) is 6.36. The Bertz CT molecular complexity index is 363. The van der Waals surface area contributed by atoms with Gasteiger partial charge in [-0.05, 0) is 25.5 Å². The minimum absolute atomic E-state index is 0.277. The quantitative estimate of drug-likeness (QED) is 0.434. The van der Waals surface area contributed by atoms with Crippen LogP contribution in [-0.4, -0.2) is 22.0 Å². The zero-order chi connectivity index (χ0) is 13.5. The number of alkyl halides is 1. The Labute approximate surface area is 117 Å². The Morgan fingerprint density at radius 2 is 1.78 bits per heavy atom. The molecule has 0 aromatic heterocycles. The average Bonchev–Trinajstić information content (AvgIpc) is 2.37. The summed E-state index contributed by atoms with van der Waals surface area (Å²) in [6, 6.07) is 6.39. The van der Waals surface area contributed by atoms with Crippen LogP contribution < -0.4 is 5.19 Å². The van der Waals surface area contributed by atoms with E-state index < -0.39 is 8.80 Å². The van der Waals surface area contributed by atoms with Crippen LogP contribution in [-0.2, 0) is 15.4 Å². The normalized spacial score (nSPS) is 11.5. The summed E-state index contributed by atoms with van der Waals surface area (Å²) in [5.74, 6) is 0.546. The maximum atomic E-state index is 6.04. The van der Waals surface area contributed by atoms with Crippen LogP contribution in [0.25, 0.3) is 0 Å². The Balaban J connectivity index is 3.01. The van der Waals surface area contributed by atoms with Gasteiger partial charge >= 0.3 is 0 Å². The molecular formula is C14H22ClO2Si. The second-order valence-electron chi connectivity index (χ2n) is 4.29. The highest BCUT2D eigenvalue weighted by molar-refractivity contribution is 6.71. The summed E-state index contributed by atoms with van der Waals surface area (Å²) in [5, 5.41) is 1.39. The van der Waals surface area contributed by atoms with E-state index >= 15 is 0 Å². The number of rotatable bonds is 7. The Hall–Kier alpha value is -0.353. The molecule has 0 heterocycles. The minimum atomic E-state index is -0.486. The van der Waals surface area contributed by atoms with Crippen molar-refractivity contribution in [3.8, 4) is 0 Å². The van der Waals surface area contributed by atoms with Crippen LogP contribution in [0.1, 0.15) is 31.3 Å². The minimum Gasteiger partial charge on any atom is -0.349 e. The molecule has 0 fully saturated rings. The van der Waals surface area contributed by atoms with E-state index in [4.69, 9.17) is 21.1 Å². The van der Waals surface area contributed by atoms with E-state index in [1.165, 1.54) is 10.8 Å². The molecular weight excluding hydrogens is 264 g/mol. The fourth-order valence-electron chi connectivity index (χ4n) is 1.90. The largest absolute Gasteiger partial charge is 0.349 e. The van der Waals surface area contributed by atoms with Crippen LogP contribution in [0, 0.1) is 0 Å². The van der Waals surface area contributed by atoms with Gasteiger partial charge in [0, 0.05) is 24.7 Å². The van der Waals surface area contributed by atoms with Crippen molar-refractivity contribution in [2.45, 2.75) is 39.1 Å². The van der Waals surface area contributed by atoms with Gasteiger partial charge in [-0.15, -0.1) is 11.6 Å². The Morgan fingerprint density at radius 1 is 1.17 bits per heavy atom. The van der Waals surface area contributed by atoms with Gasteiger partial charge in [-0.2, -0.15) is 0 Å². The molecule has 0 amide bonds. The molecule has 4 heteroatoms. The molecule has 2 nitrogen and oxygen atoms in total. The van der Waals surface area contributed by atoms with E-state index in [1.807, 2.05) is 13.8 Å². The Morgan fingerprint density at radius 3 is 2.22 bits per heavy atom. The molecule has 1 aromatic carbocycles. The van der Waals surface area contributed by atoms with Crippen molar-refractivity contribution in [1.29, 1.82) is 0 Å². The predicted octanol–water partition coefficient (Wildman–Crippen LogP) is 3.46. The maximum absolute atomic E-state index is 6.04. The van der Waals surface area contributed by atoms with E-state index in [9.17, 15) is 0 Å². The lowest BCUT2D eigenvalue weighted by Crippen LogP contribution is -2.27. The fourth-order valence-corrected chi connectivity index (χ4v) is 3.45. The topological polar surface area (TPSA) is 18.5 Å². The van der Waals surface area contributed by atoms with E-state index in [0.717, 1.165) is 5.56 Å². The van der Waals surface area contributed by atoms with Crippen LogP contribution in [0.15, 0.2) is 18.2 Å². The SMILES string of the molecule is CCOC(OCC)c1ccc([Si](C)C)c(CCl)c1. The smallest absolute Gasteiger partial charge is 0.183 e. The van der Waals surface area contributed by atoms with Gasteiger partial charge in [-0.1, -0.05) is 30.4 Å². The van der Waals surface area contributed by atoms with Gasteiger partial charge in [0.05, 0.1) is 8.80 Å². The number of hydrogen-bond donors (Lipinski definition) is 0. The number of ether oxygens (including phenoxy) is 2. The van der Waals surface area contributed by atoms with Crippen molar-refractivity contribution in [2.75, 3.05) is 13.2 Å². The molecule has 0 bridgehead atoms. The summed E-state index contributed by atoms with van der Waals surface area (Å²) >= 11 is 6.04. The lowest BCUT2D eigenvalue weighted by molar-refractivity contribution is -0.140. The van der Waals surface area contributed by atoms with Gasteiger partial charge in [-0.3, -0.25) is 0 Å². The summed E-state index contributed by atoms with van der Waals surface area (Å²) in [7, 11) is -0.486. The van der Waals surface area contributed by atoms with Crippen LogP contribution in [0.3, 0.4) is 0 Å². The van der Waals surface area contributed by atoms with Crippen molar-refractivity contribution >= 4 is 25.6 Å². The molecule has 0 saturated heterocycles. The first-order chi connectivity index (χ1) is 8.63. The molecule has 0 aliphatic rings. The highest BCUT2D eigenvalue weighted by Gasteiger charge is 2.14. The third-order valence-electron chi connectivity index (χ3n) is 2.72. The van der Waals surface area contributed by atoms with Gasteiger partial charge < -0.3 is 9.47 Å². The first-order valence-corrected chi connectivity index (χ1v) is 9.40. The summed E-state index contributed by atoms with van der Waals surface area (Å²) < 4.78 is 11.2. The number of halogens is 1. The van der Waals surface area contributed by atoms with Gasteiger partial charge in [0.25, 0.3) is 0 Å². The zero-order valence-electron chi connectivity index (χ0n) is 11.6. The molecule has 0 aliphatic heterocycles. The standard InChI is InChI=1S/C14H22ClO2Si/c1-5-16-14(17-6-2)11-7-8-13(18(3)4)12(9-11)10-15/h7-9,14H,5-6,10H2,1-4H3. The zero-order valence-corrected chi connectivity index (χ0v) is 13.4. The molecule has 101 valence electrons. The van der Waals surface area contributed by atoms with Crippen LogP contribution in [0.5, 0.6) is 0 Å². The lowest BCUT2D eigenvalue weighted by atomic mass is 10.1. The number of hydrogen-bond acceptors (Lipinski definition) is 2. The molecule has 1 aromatic rings. The first kappa shape index (κ1) is 15.7. The summed E-state index contributed by atoms with van der Waals surface area (Å²) in [6.45, 7) is 9.78. The van der Waals surface area contributed by atoms with Crippen molar-refractivity contribution in [3.05, 3.63) is 29.3 Å². The Kier molecular flexibility index (Phi) is 6.93. The van der Waals surface area contributed by atoms with E-state index in [-0.39, 0.29) is 6.29 Å². The monoisotopic (exact) mass is 285 g/mol. The van der Waals surface area contributed by atoms with Crippen molar-refractivity contribution in [2.24, 2.45) is 0 Å². The van der Waals surface area contributed by atoms with E-state index in [0.29, 0.717) is 19.1 Å². The highest BCUT2D eigenvalue weighted by atomic mass is 35.5. The highest BCUT2D eigenvalue weighted by Crippen LogP contribution is 2.20. The summed E-state index contributed by atoms with van der Waals surface area (Å²) in [5.41, 5.74) is 2.26. The second-order valence-corrected chi connectivity index (χ2v) is 7.10. The van der Waals surface area contributed by atoms with Crippen molar-refractivity contribution in [1.82, 2.24) is 0 Å². The fraction of sp³-hybridized carbons (Fsp3) is 0.571. The van der Waals surface area contributed by atoms with Gasteiger partial charge in [0.1, 0.15) is 0 Å². The van der Waals surface area contributed by atoms with E-state index in [1.54, 1.807) is 0 Å². The predicted molar refractivity (Wildman–Crippen MR) is 79.1 cm³/mol. The van der Waals surface area contributed by atoms with Crippen molar-refractivity contribution < 1.29 is 9.47 Å². The molecule has 0 saturated carbocycles.